The van der Waals surface area contributed by atoms with Gasteiger partial charge in [0.1, 0.15) is 0 Å². The lowest BCUT2D eigenvalue weighted by atomic mass is 10.1. The van der Waals surface area contributed by atoms with E-state index in [0.29, 0.717) is 17.0 Å². The van der Waals surface area contributed by atoms with Crippen molar-refractivity contribution in [1.29, 1.82) is 0 Å². The van der Waals surface area contributed by atoms with E-state index in [9.17, 15) is 4.39 Å². The Kier molecular flexibility index (Phi) is 5.28. The fourth-order valence-electron chi connectivity index (χ4n) is 1.34. The van der Waals surface area contributed by atoms with E-state index >= 15 is 0 Å². The molecule has 0 amide bonds. The Morgan fingerprint density at radius 3 is 2.56 bits per heavy atom. The maximum atomic E-state index is 13.4. The van der Waals surface area contributed by atoms with E-state index in [-0.39, 0.29) is 16.1 Å². The molecule has 1 aromatic carbocycles. The molecule has 0 heterocycles. The highest BCUT2D eigenvalue weighted by atomic mass is 35.5. The Hall–Kier alpha value is -0.0600. The minimum absolute atomic E-state index is 0.0396. The molecule has 0 aliphatic heterocycles. The van der Waals surface area contributed by atoms with E-state index < -0.39 is 5.82 Å². The van der Waals surface area contributed by atoms with Crippen molar-refractivity contribution < 1.29 is 9.23 Å². The summed E-state index contributed by atoms with van der Waals surface area (Å²) in [4.78, 5) is 4.75. The van der Waals surface area contributed by atoms with E-state index in [4.69, 9.17) is 39.6 Å². The van der Waals surface area contributed by atoms with Crippen LogP contribution in [0.25, 0.3) is 0 Å². The Labute approximate surface area is 109 Å². The molecule has 0 aliphatic rings. The van der Waals surface area contributed by atoms with Crippen molar-refractivity contribution in [3.05, 3.63) is 32.5 Å². The molecule has 1 atom stereocenters. The second-order valence-corrected chi connectivity index (χ2v) is 4.57. The zero-order valence-corrected chi connectivity index (χ0v) is 11.0. The fourth-order valence-corrected chi connectivity index (χ4v) is 2.26. The molecule has 6 heteroatoms. The van der Waals surface area contributed by atoms with Crippen molar-refractivity contribution in [3.63, 3.8) is 0 Å². The van der Waals surface area contributed by atoms with Crippen LogP contribution in [0.5, 0.6) is 0 Å². The first-order valence-electron chi connectivity index (χ1n) is 4.57. The van der Waals surface area contributed by atoms with Crippen molar-refractivity contribution in [2.24, 2.45) is 0 Å². The van der Waals surface area contributed by atoms with Gasteiger partial charge in [-0.1, -0.05) is 34.8 Å². The zero-order valence-electron chi connectivity index (χ0n) is 8.78. The van der Waals surface area contributed by atoms with Crippen LogP contribution in [0.4, 0.5) is 4.39 Å². The lowest BCUT2D eigenvalue weighted by Crippen LogP contribution is -2.27. The van der Waals surface area contributed by atoms with E-state index in [1.165, 1.54) is 13.2 Å². The topological polar surface area (TPSA) is 21.3 Å². The van der Waals surface area contributed by atoms with Crippen LogP contribution in [0.3, 0.4) is 0 Å². The Balaban J connectivity index is 3.00. The van der Waals surface area contributed by atoms with Crippen molar-refractivity contribution in [2.45, 2.75) is 19.4 Å². The third-order valence-corrected chi connectivity index (χ3v) is 3.04. The minimum Gasteiger partial charge on any atom is -0.305 e. The molecule has 0 aliphatic carbocycles. The van der Waals surface area contributed by atoms with E-state index in [0.717, 1.165) is 0 Å². The van der Waals surface area contributed by atoms with Gasteiger partial charge >= 0.3 is 0 Å². The van der Waals surface area contributed by atoms with Gasteiger partial charge in [-0.15, -0.1) is 0 Å². The van der Waals surface area contributed by atoms with Gasteiger partial charge in [-0.05, 0) is 25.0 Å². The van der Waals surface area contributed by atoms with E-state index in [2.05, 4.69) is 5.48 Å². The first-order valence-corrected chi connectivity index (χ1v) is 5.71. The zero-order chi connectivity index (χ0) is 12.3. The van der Waals surface area contributed by atoms with Gasteiger partial charge in [-0.2, -0.15) is 5.48 Å². The highest BCUT2D eigenvalue weighted by Crippen LogP contribution is 2.33. The average molecular weight is 287 g/mol. The molecule has 0 saturated carbocycles. The highest BCUT2D eigenvalue weighted by Gasteiger charge is 2.16. The summed E-state index contributed by atoms with van der Waals surface area (Å²) in [7, 11) is 1.50. The molecule has 0 saturated heterocycles. The molecule has 90 valence electrons. The van der Waals surface area contributed by atoms with Crippen molar-refractivity contribution >= 4 is 34.8 Å². The second-order valence-electron chi connectivity index (χ2n) is 3.37. The number of nitrogens with one attached hydrogen (secondary N) is 1. The average Bonchev–Trinajstić information content (AvgIpc) is 2.22. The van der Waals surface area contributed by atoms with Crippen molar-refractivity contribution in [1.82, 2.24) is 5.48 Å². The predicted molar refractivity (Wildman–Crippen MR) is 64.7 cm³/mol. The summed E-state index contributed by atoms with van der Waals surface area (Å²) in [6.07, 6.45) is 0.444. The summed E-state index contributed by atoms with van der Waals surface area (Å²) in [5, 5.41) is 0.231. The van der Waals surface area contributed by atoms with Crippen LogP contribution >= 0.6 is 34.8 Å². The van der Waals surface area contributed by atoms with Gasteiger partial charge in [0, 0.05) is 11.1 Å². The summed E-state index contributed by atoms with van der Waals surface area (Å²) in [5.74, 6) is -0.646. The molecular formula is C10H11Cl3FNO. The number of hydroxylamine groups is 1. The fraction of sp³-hybridized carbons (Fsp3) is 0.400. The first kappa shape index (κ1) is 14.0. The van der Waals surface area contributed by atoms with Crippen molar-refractivity contribution in [2.75, 3.05) is 7.11 Å². The van der Waals surface area contributed by atoms with Crippen molar-refractivity contribution in [3.8, 4) is 0 Å². The quantitative estimate of drug-likeness (QED) is 0.515. The molecule has 0 radical (unpaired) electrons. The summed E-state index contributed by atoms with van der Waals surface area (Å²) in [6.45, 7) is 1.86. The van der Waals surface area contributed by atoms with Gasteiger partial charge in [-0.3, -0.25) is 0 Å². The molecule has 1 unspecified atom stereocenters. The molecule has 0 fully saturated rings. The number of halogens is 4. The molecule has 16 heavy (non-hydrogen) atoms. The van der Waals surface area contributed by atoms with Crippen LogP contribution in [0.15, 0.2) is 6.07 Å². The summed E-state index contributed by atoms with van der Waals surface area (Å²) in [5.41, 5.74) is 3.23. The van der Waals surface area contributed by atoms with Crippen LogP contribution in [-0.4, -0.2) is 13.2 Å². The Morgan fingerprint density at radius 1 is 1.38 bits per heavy atom. The predicted octanol–water partition coefficient (Wildman–Crippen LogP) is 3.87. The van der Waals surface area contributed by atoms with E-state index in [1.807, 2.05) is 6.92 Å². The Bertz CT molecular complexity index is 387. The summed E-state index contributed by atoms with van der Waals surface area (Å²) >= 11 is 17.4. The van der Waals surface area contributed by atoms with Crippen LogP contribution in [0.2, 0.25) is 15.1 Å². The van der Waals surface area contributed by atoms with Crippen LogP contribution in [-0.2, 0) is 11.3 Å². The smallest absolute Gasteiger partial charge is 0.160 e. The number of benzene rings is 1. The largest absolute Gasteiger partial charge is 0.305 e. The lowest BCUT2D eigenvalue weighted by Gasteiger charge is -2.14. The van der Waals surface area contributed by atoms with Gasteiger partial charge in [0.15, 0.2) is 5.82 Å². The maximum Gasteiger partial charge on any atom is 0.160 e. The highest BCUT2D eigenvalue weighted by molar-refractivity contribution is 6.39. The molecule has 1 rings (SSSR count). The van der Waals surface area contributed by atoms with Gasteiger partial charge in [-0.25, -0.2) is 4.39 Å². The number of hydrogen-bond acceptors (Lipinski definition) is 2. The van der Waals surface area contributed by atoms with Crippen LogP contribution in [0, 0.1) is 5.82 Å². The molecule has 0 spiro atoms. The standard InChI is InChI=1S/C10H11Cl3FNO/c1-5(15-16-2)3-6-7(11)4-8(12)10(14)9(6)13/h4-5,15H,3H2,1-2H3. The third kappa shape index (κ3) is 3.22. The van der Waals surface area contributed by atoms with Crippen LogP contribution in [0.1, 0.15) is 12.5 Å². The van der Waals surface area contributed by atoms with Crippen LogP contribution < -0.4 is 5.48 Å². The third-order valence-electron chi connectivity index (χ3n) is 2.04. The number of rotatable bonds is 4. The normalized spacial score (nSPS) is 12.9. The van der Waals surface area contributed by atoms with Gasteiger partial charge in [0.05, 0.1) is 17.2 Å². The molecule has 0 bridgehead atoms. The molecule has 0 aromatic heterocycles. The van der Waals surface area contributed by atoms with Gasteiger partial charge < -0.3 is 4.84 Å². The minimum atomic E-state index is -0.646. The molecule has 1 aromatic rings. The van der Waals surface area contributed by atoms with Gasteiger partial charge in [0.25, 0.3) is 0 Å². The first-order chi connectivity index (χ1) is 7.47. The second kappa shape index (κ2) is 6.03. The molecule has 1 N–H and O–H groups in total. The SMILES string of the molecule is CONC(C)Cc1c(Cl)cc(Cl)c(F)c1Cl. The molecular weight excluding hydrogens is 275 g/mol. The summed E-state index contributed by atoms with van der Waals surface area (Å²) < 4.78 is 13.4. The Morgan fingerprint density at radius 2 is 2.00 bits per heavy atom. The van der Waals surface area contributed by atoms with Gasteiger partial charge in [0.2, 0.25) is 0 Å². The summed E-state index contributed by atoms with van der Waals surface area (Å²) in [6, 6.07) is 1.31. The number of hydrogen-bond donors (Lipinski definition) is 1. The lowest BCUT2D eigenvalue weighted by molar-refractivity contribution is 0.0661. The monoisotopic (exact) mass is 285 g/mol. The van der Waals surface area contributed by atoms with E-state index in [1.54, 1.807) is 0 Å². The molecule has 2 nitrogen and oxygen atoms in total. The maximum absolute atomic E-state index is 13.4.